The standard InChI is InChI=1S/C17H24N2O4/c1-12(2)9-15(10-20)19-16(21)13(3)18-17(22)23-11-14-7-5-4-6-8-14/h4-8,10,12-13,15H,9,11H2,1-3H3,(H,18,22)(H,19,21)/t13-,15-/m0/s1. The number of nitrogens with one attached hydrogen (secondary N) is 2. The first-order valence-corrected chi connectivity index (χ1v) is 7.65. The summed E-state index contributed by atoms with van der Waals surface area (Å²) in [4.78, 5) is 34.6. The number of carbonyl (C=O) groups is 3. The molecule has 1 rings (SSSR count). The van der Waals surface area contributed by atoms with Crippen molar-refractivity contribution in [1.82, 2.24) is 10.6 Å². The zero-order valence-corrected chi connectivity index (χ0v) is 13.7. The zero-order chi connectivity index (χ0) is 17.2. The third-order valence-corrected chi connectivity index (χ3v) is 3.16. The lowest BCUT2D eigenvalue weighted by molar-refractivity contribution is -0.125. The van der Waals surface area contributed by atoms with Gasteiger partial charge >= 0.3 is 6.09 Å². The molecule has 0 spiro atoms. The molecule has 0 aromatic heterocycles. The van der Waals surface area contributed by atoms with Gasteiger partial charge in [0, 0.05) is 0 Å². The van der Waals surface area contributed by atoms with Crippen LogP contribution in [0.4, 0.5) is 4.79 Å². The van der Waals surface area contributed by atoms with Gasteiger partial charge in [-0.05, 0) is 24.8 Å². The number of alkyl carbamates (subject to hydrolysis) is 1. The molecule has 0 unspecified atom stereocenters. The molecule has 2 N–H and O–H groups in total. The molecule has 126 valence electrons. The maximum absolute atomic E-state index is 12.0. The van der Waals surface area contributed by atoms with Crippen LogP contribution in [0.2, 0.25) is 0 Å². The topological polar surface area (TPSA) is 84.5 Å². The lowest BCUT2D eigenvalue weighted by Gasteiger charge is -2.18. The molecular formula is C17H24N2O4. The molecule has 0 aliphatic heterocycles. The van der Waals surface area contributed by atoms with Gasteiger partial charge in [0.15, 0.2) is 0 Å². The van der Waals surface area contributed by atoms with Crippen molar-refractivity contribution < 1.29 is 19.1 Å². The van der Waals surface area contributed by atoms with Gasteiger partial charge in [-0.2, -0.15) is 0 Å². The molecule has 6 nitrogen and oxygen atoms in total. The number of hydrogen-bond donors (Lipinski definition) is 2. The molecule has 0 saturated heterocycles. The van der Waals surface area contributed by atoms with E-state index in [4.69, 9.17) is 4.74 Å². The number of hydrogen-bond acceptors (Lipinski definition) is 4. The fraction of sp³-hybridized carbons (Fsp3) is 0.471. The van der Waals surface area contributed by atoms with Gasteiger partial charge in [-0.3, -0.25) is 4.79 Å². The van der Waals surface area contributed by atoms with E-state index >= 15 is 0 Å². The Morgan fingerprint density at radius 2 is 1.78 bits per heavy atom. The zero-order valence-electron chi connectivity index (χ0n) is 13.7. The monoisotopic (exact) mass is 320 g/mol. The van der Waals surface area contributed by atoms with E-state index < -0.39 is 24.1 Å². The van der Waals surface area contributed by atoms with Crippen LogP contribution in [0.1, 0.15) is 32.8 Å². The molecule has 1 aromatic rings. The smallest absolute Gasteiger partial charge is 0.408 e. The van der Waals surface area contributed by atoms with Crippen LogP contribution in [0.3, 0.4) is 0 Å². The Hall–Kier alpha value is -2.37. The van der Waals surface area contributed by atoms with Crippen molar-refractivity contribution in [3.63, 3.8) is 0 Å². The highest BCUT2D eigenvalue weighted by atomic mass is 16.5. The highest BCUT2D eigenvalue weighted by Crippen LogP contribution is 2.03. The minimum Gasteiger partial charge on any atom is -0.445 e. The second kappa shape index (κ2) is 9.61. The molecule has 0 aliphatic rings. The van der Waals surface area contributed by atoms with Crippen molar-refractivity contribution in [3.8, 4) is 0 Å². The van der Waals surface area contributed by atoms with E-state index in [9.17, 15) is 14.4 Å². The molecule has 0 heterocycles. The average Bonchev–Trinajstić information content (AvgIpc) is 2.52. The van der Waals surface area contributed by atoms with Gasteiger partial charge in [-0.1, -0.05) is 44.2 Å². The van der Waals surface area contributed by atoms with Gasteiger partial charge in [0.25, 0.3) is 0 Å². The minimum absolute atomic E-state index is 0.130. The van der Waals surface area contributed by atoms with Crippen molar-refractivity contribution >= 4 is 18.3 Å². The second-order valence-electron chi connectivity index (χ2n) is 5.81. The maximum Gasteiger partial charge on any atom is 0.408 e. The largest absolute Gasteiger partial charge is 0.445 e. The number of carbonyl (C=O) groups excluding carboxylic acids is 3. The van der Waals surface area contributed by atoms with E-state index in [1.807, 2.05) is 44.2 Å². The van der Waals surface area contributed by atoms with E-state index in [0.29, 0.717) is 12.7 Å². The number of benzene rings is 1. The van der Waals surface area contributed by atoms with Gasteiger partial charge in [-0.25, -0.2) is 4.79 Å². The van der Waals surface area contributed by atoms with Gasteiger partial charge in [0.2, 0.25) is 5.91 Å². The lowest BCUT2D eigenvalue weighted by Crippen LogP contribution is -2.48. The highest BCUT2D eigenvalue weighted by Gasteiger charge is 2.20. The summed E-state index contributed by atoms with van der Waals surface area (Å²) in [6, 6.07) is 7.91. The van der Waals surface area contributed by atoms with Crippen LogP contribution < -0.4 is 10.6 Å². The van der Waals surface area contributed by atoms with E-state index in [0.717, 1.165) is 5.56 Å². The van der Waals surface area contributed by atoms with Gasteiger partial charge in [0.05, 0.1) is 6.04 Å². The summed E-state index contributed by atoms with van der Waals surface area (Å²) in [5.41, 5.74) is 0.859. The summed E-state index contributed by atoms with van der Waals surface area (Å²) in [5, 5.41) is 5.04. The van der Waals surface area contributed by atoms with E-state index in [-0.39, 0.29) is 12.5 Å². The fourth-order valence-corrected chi connectivity index (χ4v) is 1.97. The van der Waals surface area contributed by atoms with Crippen LogP contribution in [-0.2, 0) is 20.9 Å². The van der Waals surface area contributed by atoms with Crippen LogP contribution in [-0.4, -0.2) is 30.4 Å². The Kier molecular flexibility index (Phi) is 7.80. The number of ether oxygens (including phenoxy) is 1. The third-order valence-electron chi connectivity index (χ3n) is 3.16. The van der Waals surface area contributed by atoms with Gasteiger partial charge in [-0.15, -0.1) is 0 Å². The lowest BCUT2D eigenvalue weighted by atomic mass is 10.0. The van der Waals surface area contributed by atoms with Crippen molar-refractivity contribution in [3.05, 3.63) is 35.9 Å². The van der Waals surface area contributed by atoms with Crippen molar-refractivity contribution in [1.29, 1.82) is 0 Å². The molecule has 0 aliphatic carbocycles. The van der Waals surface area contributed by atoms with E-state index in [1.54, 1.807) is 0 Å². The Morgan fingerprint density at radius 1 is 1.13 bits per heavy atom. The Bertz CT molecular complexity index is 517. The van der Waals surface area contributed by atoms with Crippen LogP contribution >= 0.6 is 0 Å². The first-order valence-electron chi connectivity index (χ1n) is 7.65. The predicted octanol–water partition coefficient (Wildman–Crippen LogP) is 2.03. The van der Waals surface area contributed by atoms with Crippen molar-refractivity contribution in [2.24, 2.45) is 5.92 Å². The summed E-state index contributed by atoms with van der Waals surface area (Å²) < 4.78 is 5.05. The Morgan fingerprint density at radius 3 is 2.35 bits per heavy atom. The Balaban J connectivity index is 2.38. The van der Waals surface area contributed by atoms with Gasteiger partial charge in [0.1, 0.15) is 18.9 Å². The molecule has 0 radical (unpaired) electrons. The molecule has 23 heavy (non-hydrogen) atoms. The number of amides is 2. The molecule has 0 fully saturated rings. The van der Waals surface area contributed by atoms with E-state index in [1.165, 1.54) is 6.92 Å². The van der Waals surface area contributed by atoms with Crippen LogP contribution in [0, 0.1) is 5.92 Å². The van der Waals surface area contributed by atoms with Crippen LogP contribution in [0.25, 0.3) is 0 Å². The minimum atomic E-state index is -0.784. The summed E-state index contributed by atoms with van der Waals surface area (Å²) in [7, 11) is 0. The summed E-state index contributed by atoms with van der Waals surface area (Å²) in [6.07, 6.45) is 0.585. The Labute approximate surface area is 136 Å². The van der Waals surface area contributed by atoms with E-state index in [2.05, 4.69) is 10.6 Å². The number of rotatable bonds is 8. The summed E-state index contributed by atoms with van der Waals surface area (Å²) in [6.45, 7) is 5.60. The van der Waals surface area contributed by atoms with Crippen LogP contribution in [0.5, 0.6) is 0 Å². The summed E-state index contributed by atoms with van der Waals surface area (Å²) in [5.74, 6) is -0.135. The van der Waals surface area contributed by atoms with Gasteiger partial charge < -0.3 is 20.2 Å². The normalized spacial score (nSPS) is 13.0. The highest BCUT2D eigenvalue weighted by molar-refractivity contribution is 5.87. The molecular weight excluding hydrogens is 296 g/mol. The summed E-state index contributed by atoms with van der Waals surface area (Å²) >= 11 is 0. The second-order valence-corrected chi connectivity index (χ2v) is 5.81. The third kappa shape index (κ3) is 7.44. The average molecular weight is 320 g/mol. The number of aldehydes is 1. The SMILES string of the molecule is CC(C)C[C@@H](C=O)NC(=O)[C@H](C)NC(=O)OCc1ccccc1. The molecule has 2 atom stereocenters. The predicted molar refractivity (Wildman–Crippen MR) is 86.7 cm³/mol. The first kappa shape index (κ1) is 18.7. The van der Waals surface area contributed by atoms with Crippen LogP contribution in [0.15, 0.2) is 30.3 Å². The first-order chi connectivity index (χ1) is 10.9. The quantitative estimate of drug-likeness (QED) is 0.718. The maximum atomic E-state index is 12.0. The molecule has 1 aromatic carbocycles. The molecule has 0 saturated carbocycles. The fourth-order valence-electron chi connectivity index (χ4n) is 1.97. The molecule has 6 heteroatoms. The van der Waals surface area contributed by atoms with Crippen molar-refractivity contribution in [2.75, 3.05) is 0 Å². The van der Waals surface area contributed by atoms with Crippen molar-refractivity contribution in [2.45, 2.75) is 45.9 Å². The molecule has 0 bridgehead atoms. The molecule has 2 amide bonds.